The molecule has 3 nitrogen and oxygen atoms in total. The number of hydrogen-bond donors (Lipinski definition) is 0. The average molecular weight is 174 g/mol. The van der Waals surface area contributed by atoms with Gasteiger partial charge >= 0.3 is 0 Å². The van der Waals surface area contributed by atoms with Crippen LogP contribution in [-0.2, 0) is 6.54 Å². The van der Waals surface area contributed by atoms with E-state index in [1.165, 1.54) is 6.20 Å². The van der Waals surface area contributed by atoms with Crippen molar-refractivity contribution < 1.29 is 4.85 Å². The SMILES string of the molecule is [O-][n+]1cccn1Cc1ccccc1. The first kappa shape index (κ1) is 7.86. The van der Waals surface area contributed by atoms with E-state index in [0.717, 1.165) is 10.4 Å². The Balaban J connectivity index is 2.20. The topological polar surface area (TPSA) is 31.9 Å². The lowest BCUT2D eigenvalue weighted by Crippen LogP contribution is -2.36. The second-order valence-electron chi connectivity index (χ2n) is 2.88. The van der Waals surface area contributed by atoms with E-state index in [0.29, 0.717) is 6.54 Å². The van der Waals surface area contributed by atoms with E-state index in [9.17, 15) is 5.21 Å². The standard InChI is InChI=1S/C10H10N2O/c13-12-8-4-7-11(12)9-10-5-2-1-3-6-10/h1-8H,9H2. The van der Waals surface area contributed by atoms with E-state index in [-0.39, 0.29) is 0 Å². The van der Waals surface area contributed by atoms with Crippen LogP contribution in [-0.4, -0.2) is 4.68 Å². The fourth-order valence-electron chi connectivity index (χ4n) is 1.26. The Labute approximate surface area is 76.4 Å². The summed E-state index contributed by atoms with van der Waals surface area (Å²) in [5.41, 5.74) is 1.13. The van der Waals surface area contributed by atoms with Crippen LogP contribution in [0.15, 0.2) is 48.8 Å². The fourth-order valence-corrected chi connectivity index (χ4v) is 1.26. The fraction of sp³-hybridized carbons (Fsp3) is 0.100. The van der Waals surface area contributed by atoms with Gasteiger partial charge in [0.05, 0.1) is 6.20 Å². The van der Waals surface area contributed by atoms with Gasteiger partial charge in [0.1, 0.15) is 6.54 Å². The number of rotatable bonds is 2. The molecule has 0 saturated heterocycles. The van der Waals surface area contributed by atoms with Crippen LogP contribution in [0.2, 0.25) is 0 Å². The van der Waals surface area contributed by atoms with Gasteiger partial charge in [0.25, 0.3) is 0 Å². The Morgan fingerprint density at radius 1 is 1.15 bits per heavy atom. The maximum absolute atomic E-state index is 11.1. The van der Waals surface area contributed by atoms with E-state index < -0.39 is 0 Å². The molecule has 2 aromatic rings. The Bertz CT molecular complexity index is 381. The lowest BCUT2D eigenvalue weighted by Gasteiger charge is -2.02. The van der Waals surface area contributed by atoms with Gasteiger partial charge in [-0.3, -0.25) is 0 Å². The predicted molar refractivity (Wildman–Crippen MR) is 48.9 cm³/mol. The van der Waals surface area contributed by atoms with Crippen molar-refractivity contribution in [2.45, 2.75) is 6.54 Å². The van der Waals surface area contributed by atoms with Crippen LogP contribution in [0, 0.1) is 5.21 Å². The molecule has 0 aliphatic heterocycles. The minimum absolute atomic E-state index is 0.622. The summed E-state index contributed by atoms with van der Waals surface area (Å²) in [5.74, 6) is 0. The van der Waals surface area contributed by atoms with E-state index in [2.05, 4.69) is 0 Å². The molecule has 13 heavy (non-hydrogen) atoms. The summed E-state index contributed by atoms with van der Waals surface area (Å²) >= 11 is 0. The monoisotopic (exact) mass is 174 g/mol. The zero-order valence-electron chi connectivity index (χ0n) is 7.13. The van der Waals surface area contributed by atoms with Crippen LogP contribution < -0.4 is 4.85 Å². The molecule has 0 amide bonds. The molecule has 0 bridgehead atoms. The van der Waals surface area contributed by atoms with E-state index in [4.69, 9.17) is 0 Å². The third-order valence-electron chi connectivity index (χ3n) is 1.91. The van der Waals surface area contributed by atoms with Gasteiger partial charge < -0.3 is 5.21 Å². The summed E-state index contributed by atoms with van der Waals surface area (Å²) in [5, 5.41) is 11.1. The molecule has 0 unspecified atom stereocenters. The smallest absolute Gasteiger partial charge is 0.209 e. The number of benzene rings is 1. The molecule has 1 heterocycles. The zero-order valence-corrected chi connectivity index (χ0v) is 7.13. The molecule has 0 aliphatic rings. The summed E-state index contributed by atoms with van der Waals surface area (Å²) in [7, 11) is 0. The highest BCUT2D eigenvalue weighted by Crippen LogP contribution is 1.99. The molecular weight excluding hydrogens is 164 g/mol. The minimum Gasteiger partial charge on any atom is -0.596 e. The van der Waals surface area contributed by atoms with Gasteiger partial charge in [-0.15, -0.1) is 4.68 Å². The number of hydrogen-bond acceptors (Lipinski definition) is 1. The molecule has 2 rings (SSSR count). The van der Waals surface area contributed by atoms with Crippen molar-refractivity contribution >= 4 is 0 Å². The van der Waals surface area contributed by atoms with Gasteiger partial charge in [-0.1, -0.05) is 35.2 Å². The van der Waals surface area contributed by atoms with Crippen molar-refractivity contribution in [1.82, 2.24) is 4.68 Å². The third-order valence-corrected chi connectivity index (χ3v) is 1.91. The van der Waals surface area contributed by atoms with Gasteiger partial charge in [0.15, 0.2) is 0 Å². The van der Waals surface area contributed by atoms with E-state index in [1.54, 1.807) is 16.9 Å². The van der Waals surface area contributed by atoms with Crippen LogP contribution in [0.3, 0.4) is 0 Å². The minimum atomic E-state index is 0.622. The largest absolute Gasteiger partial charge is 0.596 e. The highest BCUT2D eigenvalue weighted by Gasteiger charge is 2.00. The lowest BCUT2D eigenvalue weighted by atomic mass is 10.2. The highest BCUT2D eigenvalue weighted by molar-refractivity contribution is 5.14. The summed E-state index contributed by atoms with van der Waals surface area (Å²) in [6.07, 6.45) is 3.25. The molecule has 0 radical (unpaired) electrons. The first-order valence-corrected chi connectivity index (χ1v) is 4.15. The quantitative estimate of drug-likeness (QED) is 0.496. The molecule has 0 atom stereocenters. The second-order valence-corrected chi connectivity index (χ2v) is 2.88. The van der Waals surface area contributed by atoms with Crippen LogP contribution in [0.4, 0.5) is 0 Å². The maximum atomic E-state index is 11.1. The lowest BCUT2D eigenvalue weighted by molar-refractivity contribution is -0.693. The summed E-state index contributed by atoms with van der Waals surface area (Å²) in [4.78, 5) is 0.826. The molecule has 0 spiro atoms. The van der Waals surface area contributed by atoms with Gasteiger partial charge in [-0.05, 0) is 5.56 Å². The molecule has 0 saturated carbocycles. The average Bonchev–Trinajstić information content (AvgIpc) is 2.54. The molecule has 66 valence electrons. The molecule has 3 heteroatoms. The van der Waals surface area contributed by atoms with Crippen LogP contribution >= 0.6 is 0 Å². The Morgan fingerprint density at radius 3 is 2.54 bits per heavy atom. The summed E-state index contributed by atoms with van der Waals surface area (Å²) in [6.45, 7) is 0.622. The predicted octanol–water partition coefficient (Wildman–Crippen LogP) is 1.17. The second kappa shape index (κ2) is 3.31. The van der Waals surface area contributed by atoms with Crippen LogP contribution in [0.1, 0.15) is 5.56 Å². The molecule has 0 N–H and O–H groups in total. The van der Waals surface area contributed by atoms with Crippen LogP contribution in [0.5, 0.6) is 0 Å². The van der Waals surface area contributed by atoms with Crippen molar-refractivity contribution in [3.05, 3.63) is 59.6 Å². The summed E-state index contributed by atoms with van der Waals surface area (Å²) < 4.78 is 1.61. The Kier molecular flexibility index (Phi) is 2.00. The number of aromatic nitrogens is 2. The van der Waals surface area contributed by atoms with Crippen molar-refractivity contribution in [2.24, 2.45) is 0 Å². The molecule has 1 aromatic carbocycles. The van der Waals surface area contributed by atoms with E-state index >= 15 is 0 Å². The van der Waals surface area contributed by atoms with Crippen molar-refractivity contribution in [3.63, 3.8) is 0 Å². The maximum Gasteiger partial charge on any atom is 0.209 e. The molecular formula is C10H10N2O. The van der Waals surface area contributed by atoms with Gasteiger partial charge in [-0.2, -0.15) is 0 Å². The van der Waals surface area contributed by atoms with Gasteiger partial charge in [0.2, 0.25) is 6.20 Å². The Morgan fingerprint density at radius 2 is 1.92 bits per heavy atom. The van der Waals surface area contributed by atoms with E-state index in [1.807, 2.05) is 30.3 Å². The third kappa shape index (κ3) is 1.69. The zero-order chi connectivity index (χ0) is 9.10. The number of nitrogens with zero attached hydrogens (tertiary/aromatic N) is 2. The molecule has 1 aromatic heterocycles. The first-order chi connectivity index (χ1) is 6.36. The highest BCUT2D eigenvalue weighted by atomic mass is 16.5. The van der Waals surface area contributed by atoms with Crippen molar-refractivity contribution in [1.29, 1.82) is 0 Å². The summed E-state index contributed by atoms with van der Waals surface area (Å²) in [6, 6.07) is 11.6. The Hall–Kier alpha value is -1.77. The molecule has 0 fully saturated rings. The first-order valence-electron chi connectivity index (χ1n) is 4.15. The van der Waals surface area contributed by atoms with Crippen LogP contribution in [0.25, 0.3) is 0 Å². The van der Waals surface area contributed by atoms with Crippen molar-refractivity contribution in [3.8, 4) is 0 Å². The van der Waals surface area contributed by atoms with Crippen molar-refractivity contribution in [2.75, 3.05) is 0 Å². The molecule has 0 aliphatic carbocycles. The van der Waals surface area contributed by atoms with Gasteiger partial charge in [-0.25, -0.2) is 0 Å². The van der Waals surface area contributed by atoms with Gasteiger partial charge in [0, 0.05) is 6.07 Å². The normalized spacial score (nSPS) is 10.2.